The number of aromatic nitrogens is 2. The first kappa shape index (κ1) is 11.2. The second-order valence-electron chi connectivity index (χ2n) is 5.29. The minimum absolute atomic E-state index is 0.474. The van der Waals surface area contributed by atoms with Crippen molar-refractivity contribution in [2.24, 2.45) is 0 Å². The highest BCUT2D eigenvalue weighted by Crippen LogP contribution is 2.29. The third-order valence-corrected chi connectivity index (χ3v) is 3.97. The molecular weight excluding hydrogens is 214 g/mol. The van der Waals surface area contributed by atoms with E-state index >= 15 is 0 Å². The molecule has 3 rings (SSSR count). The van der Waals surface area contributed by atoms with E-state index in [9.17, 15) is 0 Å². The zero-order chi connectivity index (χ0) is 11.7. The van der Waals surface area contributed by atoms with Crippen molar-refractivity contribution in [3.05, 3.63) is 18.2 Å². The lowest BCUT2D eigenvalue weighted by Gasteiger charge is -2.30. The fraction of sp³-hybridized carbons (Fsp3) is 0.769. The summed E-state index contributed by atoms with van der Waals surface area (Å²) in [5.74, 6) is 0. The highest BCUT2D eigenvalue weighted by atomic mass is 16.5. The largest absolute Gasteiger partial charge is 0.379 e. The van der Waals surface area contributed by atoms with Gasteiger partial charge in [0.15, 0.2) is 0 Å². The third kappa shape index (κ3) is 2.24. The molecule has 0 saturated carbocycles. The monoisotopic (exact) mass is 235 g/mol. The van der Waals surface area contributed by atoms with Crippen LogP contribution in [0.4, 0.5) is 0 Å². The normalized spacial score (nSPS) is 34.1. The second kappa shape index (κ2) is 4.78. The van der Waals surface area contributed by atoms with Crippen LogP contribution in [-0.2, 0) is 4.74 Å². The summed E-state index contributed by atoms with van der Waals surface area (Å²) in [6, 6.07) is 1.59. The van der Waals surface area contributed by atoms with Crippen LogP contribution in [0.1, 0.15) is 50.4 Å². The summed E-state index contributed by atoms with van der Waals surface area (Å²) in [5, 5.41) is 3.68. The minimum atomic E-state index is 0.474. The Labute approximate surface area is 102 Å². The standard InChI is InChI=1S/C13H21N3O/c1-10-3-2-4-12(15-10)13-7-14-9-16(13)11-5-6-17-8-11/h7,9-12,15H,2-6,8H2,1H3. The Balaban J connectivity index is 1.79. The summed E-state index contributed by atoms with van der Waals surface area (Å²) >= 11 is 0. The molecule has 0 bridgehead atoms. The van der Waals surface area contributed by atoms with E-state index in [1.807, 2.05) is 12.5 Å². The van der Waals surface area contributed by atoms with Crippen molar-refractivity contribution in [3.63, 3.8) is 0 Å². The number of ether oxygens (including phenoxy) is 1. The number of piperidine rings is 1. The number of hydrogen-bond acceptors (Lipinski definition) is 3. The second-order valence-corrected chi connectivity index (χ2v) is 5.29. The van der Waals surface area contributed by atoms with Gasteiger partial charge in [-0.2, -0.15) is 0 Å². The van der Waals surface area contributed by atoms with Crippen molar-refractivity contribution in [1.29, 1.82) is 0 Å². The molecule has 0 amide bonds. The van der Waals surface area contributed by atoms with E-state index in [1.54, 1.807) is 0 Å². The summed E-state index contributed by atoms with van der Waals surface area (Å²) in [4.78, 5) is 4.33. The molecule has 2 aliphatic rings. The maximum absolute atomic E-state index is 5.48. The van der Waals surface area contributed by atoms with Crippen LogP contribution < -0.4 is 5.32 Å². The van der Waals surface area contributed by atoms with Gasteiger partial charge in [0.1, 0.15) is 0 Å². The average molecular weight is 235 g/mol. The maximum Gasteiger partial charge on any atom is 0.0952 e. The van der Waals surface area contributed by atoms with Crippen LogP contribution in [0, 0.1) is 0 Å². The van der Waals surface area contributed by atoms with E-state index in [4.69, 9.17) is 4.74 Å². The van der Waals surface area contributed by atoms with Gasteiger partial charge < -0.3 is 14.6 Å². The van der Waals surface area contributed by atoms with Crippen molar-refractivity contribution in [1.82, 2.24) is 14.9 Å². The molecule has 3 atom stereocenters. The molecule has 3 heterocycles. The maximum atomic E-state index is 5.48. The average Bonchev–Trinajstić information content (AvgIpc) is 3.00. The van der Waals surface area contributed by atoms with Gasteiger partial charge in [0.05, 0.1) is 24.7 Å². The van der Waals surface area contributed by atoms with Gasteiger partial charge in [-0.15, -0.1) is 0 Å². The smallest absolute Gasteiger partial charge is 0.0952 e. The Bertz CT molecular complexity index is 370. The van der Waals surface area contributed by atoms with E-state index in [1.165, 1.54) is 25.0 Å². The molecule has 17 heavy (non-hydrogen) atoms. The topological polar surface area (TPSA) is 39.1 Å². The van der Waals surface area contributed by atoms with E-state index in [-0.39, 0.29) is 0 Å². The molecule has 0 spiro atoms. The lowest BCUT2D eigenvalue weighted by molar-refractivity contribution is 0.185. The van der Waals surface area contributed by atoms with Gasteiger partial charge in [0.2, 0.25) is 0 Å². The van der Waals surface area contributed by atoms with E-state index < -0.39 is 0 Å². The van der Waals surface area contributed by atoms with Gasteiger partial charge in [-0.1, -0.05) is 0 Å². The Morgan fingerprint density at radius 3 is 3.12 bits per heavy atom. The SMILES string of the molecule is CC1CCCC(c2cncn2C2CCOC2)N1. The van der Waals surface area contributed by atoms with Crippen molar-refractivity contribution in [2.75, 3.05) is 13.2 Å². The first-order valence-electron chi connectivity index (χ1n) is 6.70. The molecule has 2 aliphatic heterocycles. The van der Waals surface area contributed by atoms with E-state index in [0.717, 1.165) is 19.6 Å². The van der Waals surface area contributed by atoms with Gasteiger partial charge in [-0.05, 0) is 32.6 Å². The molecule has 4 nitrogen and oxygen atoms in total. The Morgan fingerprint density at radius 2 is 2.35 bits per heavy atom. The molecule has 1 aromatic heterocycles. The minimum Gasteiger partial charge on any atom is -0.379 e. The molecular formula is C13H21N3O. The first-order valence-corrected chi connectivity index (χ1v) is 6.70. The van der Waals surface area contributed by atoms with Crippen LogP contribution in [0.2, 0.25) is 0 Å². The first-order chi connectivity index (χ1) is 8.34. The molecule has 1 aromatic rings. The predicted octanol–water partition coefficient (Wildman–Crippen LogP) is 2.05. The van der Waals surface area contributed by atoms with Crippen molar-refractivity contribution < 1.29 is 4.74 Å². The third-order valence-electron chi connectivity index (χ3n) is 3.97. The molecule has 3 unspecified atom stereocenters. The Morgan fingerprint density at radius 1 is 1.41 bits per heavy atom. The van der Waals surface area contributed by atoms with Gasteiger partial charge in [0, 0.05) is 24.9 Å². The van der Waals surface area contributed by atoms with Gasteiger partial charge in [-0.25, -0.2) is 4.98 Å². The lowest BCUT2D eigenvalue weighted by Crippen LogP contribution is -2.36. The zero-order valence-corrected chi connectivity index (χ0v) is 10.4. The highest BCUT2D eigenvalue weighted by molar-refractivity contribution is 5.09. The number of rotatable bonds is 2. The molecule has 0 radical (unpaired) electrons. The van der Waals surface area contributed by atoms with Crippen molar-refractivity contribution in [3.8, 4) is 0 Å². The summed E-state index contributed by atoms with van der Waals surface area (Å²) in [5.41, 5.74) is 1.34. The van der Waals surface area contributed by atoms with Crippen LogP contribution in [-0.4, -0.2) is 28.8 Å². The molecule has 1 N–H and O–H groups in total. The van der Waals surface area contributed by atoms with E-state index in [0.29, 0.717) is 18.1 Å². The quantitative estimate of drug-likeness (QED) is 0.852. The molecule has 2 saturated heterocycles. The summed E-state index contributed by atoms with van der Waals surface area (Å²) in [6.45, 7) is 3.99. The predicted molar refractivity (Wildman–Crippen MR) is 65.9 cm³/mol. The van der Waals surface area contributed by atoms with Crippen LogP contribution in [0.25, 0.3) is 0 Å². The van der Waals surface area contributed by atoms with Gasteiger partial charge in [0.25, 0.3) is 0 Å². The fourth-order valence-electron chi connectivity index (χ4n) is 3.00. The molecule has 2 fully saturated rings. The molecule has 0 aliphatic carbocycles. The Kier molecular flexibility index (Phi) is 3.16. The van der Waals surface area contributed by atoms with Crippen LogP contribution >= 0.6 is 0 Å². The van der Waals surface area contributed by atoms with E-state index in [2.05, 4.69) is 21.8 Å². The molecule has 4 heteroatoms. The van der Waals surface area contributed by atoms with Crippen molar-refractivity contribution in [2.45, 2.75) is 50.7 Å². The Hall–Kier alpha value is -0.870. The lowest BCUT2D eigenvalue weighted by atomic mass is 9.97. The highest BCUT2D eigenvalue weighted by Gasteiger charge is 2.26. The summed E-state index contributed by atoms with van der Waals surface area (Å²) < 4.78 is 7.80. The van der Waals surface area contributed by atoms with Crippen LogP contribution in [0.5, 0.6) is 0 Å². The molecule has 0 aromatic carbocycles. The zero-order valence-electron chi connectivity index (χ0n) is 10.4. The van der Waals surface area contributed by atoms with Gasteiger partial charge in [-0.3, -0.25) is 0 Å². The summed E-state index contributed by atoms with van der Waals surface area (Å²) in [6.07, 6.45) is 8.93. The van der Waals surface area contributed by atoms with Crippen LogP contribution in [0.3, 0.4) is 0 Å². The number of imidazole rings is 1. The number of hydrogen-bond donors (Lipinski definition) is 1. The number of nitrogens with one attached hydrogen (secondary N) is 1. The van der Waals surface area contributed by atoms with Gasteiger partial charge >= 0.3 is 0 Å². The summed E-state index contributed by atoms with van der Waals surface area (Å²) in [7, 11) is 0. The fourth-order valence-corrected chi connectivity index (χ4v) is 3.00. The molecule has 94 valence electrons. The van der Waals surface area contributed by atoms with Crippen molar-refractivity contribution >= 4 is 0 Å². The van der Waals surface area contributed by atoms with Crippen LogP contribution in [0.15, 0.2) is 12.5 Å². The number of nitrogens with zero attached hydrogens (tertiary/aromatic N) is 2.